The predicted octanol–water partition coefficient (Wildman–Crippen LogP) is 4.37. The molecule has 0 saturated heterocycles. The lowest BCUT2D eigenvalue weighted by Gasteiger charge is -2.16. The summed E-state index contributed by atoms with van der Waals surface area (Å²) in [6.07, 6.45) is 3.28. The van der Waals surface area contributed by atoms with E-state index < -0.39 is 11.7 Å². The van der Waals surface area contributed by atoms with Gasteiger partial charge in [-0.25, -0.2) is 4.98 Å². The van der Waals surface area contributed by atoms with E-state index in [-0.39, 0.29) is 17.6 Å². The van der Waals surface area contributed by atoms with E-state index in [1.807, 2.05) is 6.92 Å². The van der Waals surface area contributed by atoms with Crippen molar-refractivity contribution in [2.75, 3.05) is 0 Å². The first-order valence-electron chi connectivity index (χ1n) is 8.79. The number of aromatic nitrogens is 2. The Labute approximate surface area is 144 Å². The van der Waals surface area contributed by atoms with Crippen LogP contribution in [0.3, 0.4) is 0 Å². The van der Waals surface area contributed by atoms with E-state index >= 15 is 0 Å². The zero-order chi connectivity index (χ0) is 18.0. The molecule has 7 heteroatoms. The lowest BCUT2D eigenvalue weighted by atomic mass is 10.1. The highest BCUT2D eigenvalue weighted by Gasteiger charge is 2.32. The number of aryl methyl sites for hydroxylation is 1. The van der Waals surface area contributed by atoms with E-state index in [0.717, 1.165) is 50.8 Å². The molecule has 1 aliphatic carbocycles. The molecule has 0 spiro atoms. The Morgan fingerprint density at radius 2 is 1.92 bits per heavy atom. The van der Waals surface area contributed by atoms with Crippen molar-refractivity contribution in [3.05, 3.63) is 35.3 Å². The van der Waals surface area contributed by atoms with E-state index in [0.29, 0.717) is 17.8 Å². The minimum Gasteiger partial charge on any atom is -0.348 e. The zero-order valence-corrected chi connectivity index (χ0v) is 14.2. The van der Waals surface area contributed by atoms with Crippen LogP contribution in [0.15, 0.2) is 18.3 Å². The van der Waals surface area contributed by atoms with Crippen LogP contribution in [0.5, 0.6) is 0 Å². The topological polar surface area (TPSA) is 46.4 Å². The van der Waals surface area contributed by atoms with Crippen LogP contribution in [-0.2, 0) is 12.6 Å². The number of nitrogens with one attached hydrogen (secondary N) is 1. The third-order valence-electron chi connectivity index (χ3n) is 4.76. The Bertz CT molecular complexity index is 759. The molecule has 1 saturated carbocycles. The van der Waals surface area contributed by atoms with Crippen molar-refractivity contribution in [3.8, 4) is 0 Å². The second-order valence-corrected chi connectivity index (χ2v) is 6.57. The molecular weight excluding hydrogens is 331 g/mol. The van der Waals surface area contributed by atoms with Crippen LogP contribution in [-0.4, -0.2) is 21.3 Å². The summed E-state index contributed by atoms with van der Waals surface area (Å²) in [7, 11) is 0. The summed E-state index contributed by atoms with van der Waals surface area (Å²) in [6.45, 7) is 1.84. The van der Waals surface area contributed by atoms with Crippen LogP contribution in [0.2, 0.25) is 0 Å². The van der Waals surface area contributed by atoms with Gasteiger partial charge in [0.25, 0.3) is 5.91 Å². The zero-order valence-electron chi connectivity index (χ0n) is 14.2. The molecule has 0 unspecified atom stereocenters. The highest BCUT2D eigenvalue weighted by Crippen LogP contribution is 2.30. The molecule has 1 amide bonds. The van der Waals surface area contributed by atoms with Gasteiger partial charge in [0, 0.05) is 12.2 Å². The van der Waals surface area contributed by atoms with Crippen molar-refractivity contribution >= 4 is 11.6 Å². The highest BCUT2D eigenvalue weighted by atomic mass is 19.4. The molecule has 1 N–H and O–H groups in total. The van der Waals surface area contributed by atoms with Crippen molar-refractivity contribution in [2.24, 2.45) is 0 Å². The average molecular weight is 353 g/mol. The molecular formula is C18H22F3N3O. The molecule has 0 atom stereocenters. The van der Waals surface area contributed by atoms with Crippen LogP contribution in [0, 0.1) is 0 Å². The monoisotopic (exact) mass is 353 g/mol. The number of carbonyl (C=O) groups is 1. The van der Waals surface area contributed by atoms with Crippen LogP contribution >= 0.6 is 0 Å². The summed E-state index contributed by atoms with van der Waals surface area (Å²) in [4.78, 5) is 17.1. The molecule has 0 bridgehead atoms. The Morgan fingerprint density at radius 3 is 2.52 bits per heavy atom. The molecule has 0 aromatic carbocycles. The van der Waals surface area contributed by atoms with Crippen molar-refractivity contribution < 1.29 is 18.0 Å². The smallest absolute Gasteiger partial charge is 0.348 e. The van der Waals surface area contributed by atoms with Crippen LogP contribution in [0.4, 0.5) is 13.2 Å². The van der Waals surface area contributed by atoms with Gasteiger partial charge in [0.1, 0.15) is 11.3 Å². The number of rotatable bonds is 3. The first kappa shape index (κ1) is 17.8. The molecule has 2 aromatic rings. The number of hydrogen-bond acceptors (Lipinski definition) is 2. The van der Waals surface area contributed by atoms with Gasteiger partial charge in [-0.15, -0.1) is 0 Å². The molecule has 136 valence electrons. The molecule has 1 fully saturated rings. The standard InChI is InChI=1S/C18H22F3N3O/c1-2-14-16(17(25)22-13-7-5-3-4-6-8-13)24-11-12(18(19,20)21)9-10-15(24)23-14/h9-11,13H,2-8H2,1H3,(H,22,25). The first-order valence-corrected chi connectivity index (χ1v) is 8.79. The van der Waals surface area contributed by atoms with Gasteiger partial charge in [0.15, 0.2) is 0 Å². The second kappa shape index (κ2) is 7.06. The predicted molar refractivity (Wildman–Crippen MR) is 88.5 cm³/mol. The molecule has 4 nitrogen and oxygen atoms in total. The maximum Gasteiger partial charge on any atom is 0.417 e. The van der Waals surface area contributed by atoms with Gasteiger partial charge < -0.3 is 5.32 Å². The molecule has 25 heavy (non-hydrogen) atoms. The number of imidazole rings is 1. The maximum absolute atomic E-state index is 13.0. The van der Waals surface area contributed by atoms with Crippen LogP contribution < -0.4 is 5.32 Å². The quantitative estimate of drug-likeness (QED) is 0.833. The van der Waals surface area contributed by atoms with Gasteiger partial charge >= 0.3 is 6.18 Å². The normalized spacial score (nSPS) is 16.8. The summed E-state index contributed by atoms with van der Waals surface area (Å²) in [6, 6.07) is 2.38. The number of alkyl halides is 3. The minimum atomic E-state index is -4.46. The first-order chi connectivity index (χ1) is 11.9. The third-order valence-corrected chi connectivity index (χ3v) is 4.76. The van der Waals surface area contributed by atoms with Crippen LogP contribution in [0.25, 0.3) is 5.65 Å². The van der Waals surface area contributed by atoms with E-state index in [9.17, 15) is 18.0 Å². The van der Waals surface area contributed by atoms with Crippen molar-refractivity contribution in [1.29, 1.82) is 0 Å². The van der Waals surface area contributed by atoms with Gasteiger partial charge in [0.2, 0.25) is 0 Å². The largest absolute Gasteiger partial charge is 0.417 e. The van der Waals surface area contributed by atoms with E-state index in [2.05, 4.69) is 10.3 Å². The van der Waals surface area contributed by atoms with Gasteiger partial charge in [-0.3, -0.25) is 9.20 Å². The summed E-state index contributed by atoms with van der Waals surface area (Å²) in [5, 5.41) is 3.01. The lowest BCUT2D eigenvalue weighted by molar-refractivity contribution is -0.137. The third kappa shape index (κ3) is 3.80. The van der Waals surface area contributed by atoms with Gasteiger partial charge in [-0.1, -0.05) is 32.6 Å². The van der Waals surface area contributed by atoms with Crippen molar-refractivity contribution in [3.63, 3.8) is 0 Å². The number of hydrogen-bond donors (Lipinski definition) is 1. The second-order valence-electron chi connectivity index (χ2n) is 6.57. The van der Waals surface area contributed by atoms with Crippen molar-refractivity contribution in [1.82, 2.24) is 14.7 Å². The Kier molecular flexibility index (Phi) is 5.01. The van der Waals surface area contributed by atoms with Crippen molar-refractivity contribution in [2.45, 2.75) is 64.1 Å². The fraction of sp³-hybridized carbons (Fsp3) is 0.556. The fourth-order valence-electron chi connectivity index (χ4n) is 3.43. The number of fused-ring (bicyclic) bond motifs is 1. The summed E-state index contributed by atoms with van der Waals surface area (Å²) in [5.74, 6) is -0.337. The maximum atomic E-state index is 13.0. The molecule has 2 aromatic heterocycles. The van der Waals surface area contributed by atoms with Gasteiger partial charge in [-0.2, -0.15) is 13.2 Å². The molecule has 0 aliphatic heterocycles. The van der Waals surface area contributed by atoms with E-state index in [4.69, 9.17) is 0 Å². The van der Waals surface area contributed by atoms with Crippen LogP contribution in [0.1, 0.15) is 67.2 Å². The Balaban J connectivity index is 1.96. The Morgan fingerprint density at radius 1 is 1.24 bits per heavy atom. The van der Waals surface area contributed by atoms with Gasteiger partial charge in [0.05, 0.1) is 11.3 Å². The molecule has 0 radical (unpaired) electrons. The number of nitrogens with zero attached hydrogens (tertiary/aromatic N) is 2. The molecule has 3 rings (SSSR count). The number of halogens is 3. The summed E-state index contributed by atoms with van der Waals surface area (Å²) >= 11 is 0. The number of amides is 1. The number of pyridine rings is 1. The van der Waals surface area contributed by atoms with E-state index in [1.54, 1.807) is 0 Å². The fourth-order valence-corrected chi connectivity index (χ4v) is 3.43. The minimum absolute atomic E-state index is 0.0797. The van der Waals surface area contributed by atoms with Gasteiger partial charge in [-0.05, 0) is 31.4 Å². The lowest BCUT2D eigenvalue weighted by Crippen LogP contribution is -2.35. The summed E-state index contributed by atoms with van der Waals surface area (Å²) < 4.78 is 40.3. The highest BCUT2D eigenvalue weighted by molar-refractivity contribution is 5.95. The number of carbonyl (C=O) groups excluding carboxylic acids is 1. The molecule has 2 heterocycles. The van der Waals surface area contributed by atoms with E-state index in [1.165, 1.54) is 10.5 Å². The average Bonchev–Trinajstić information content (AvgIpc) is 2.75. The molecule has 1 aliphatic rings. The SMILES string of the molecule is CCc1nc2ccc(C(F)(F)F)cn2c1C(=O)NC1CCCCCC1. The Hall–Kier alpha value is -2.05. The summed E-state index contributed by atoms with van der Waals surface area (Å²) in [5.41, 5.74) is 0.303.